The van der Waals surface area contributed by atoms with Gasteiger partial charge in [-0.3, -0.25) is 0 Å². The lowest BCUT2D eigenvalue weighted by atomic mass is 10.1. The molecule has 0 bridgehead atoms. The molecule has 0 amide bonds. The van der Waals surface area contributed by atoms with E-state index in [0.717, 1.165) is 0 Å². The first-order valence-corrected chi connectivity index (χ1v) is 5.25. The SMILES string of the molecule is Fc1nc(OC(F)(F)F)cc(C(F)(F)F)c1CBr. The molecule has 0 N–H and O–H groups in total. The second-order valence-electron chi connectivity index (χ2n) is 2.96. The maximum Gasteiger partial charge on any atom is 0.574 e. The molecule has 18 heavy (non-hydrogen) atoms. The summed E-state index contributed by atoms with van der Waals surface area (Å²) in [4.78, 5) is 2.66. The minimum Gasteiger partial charge on any atom is -0.388 e. The summed E-state index contributed by atoms with van der Waals surface area (Å²) in [6.07, 6.45) is -10.3. The van der Waals surface area contributed by atoms with Crippen molar-refractivity contribution in [3.05, 3.63) is 23.1 Å². The summed E-state index contributed by atoms with van der Waals surface area (Å²) >= 11 is 2.59. The van der Waals surface area contributed by atoms with Gasteiger partial charge in [-0.2, -0.15) is 22.5 Å². The number of ether oxygens (including phenoxy) is 1. The zero-order valence-electron chi connectivity index (χ0n) is 8.16. The van der Waals surface area contributed by atoms with Crippen LogP contribution in [0.3, 0.4) is 0 Å². The Morgan fingerprint density at radius 2 is 1.72 bits per heavy atom. The van der Waals surface area contributed by atoms with Crippen LogP contribution in [0.2, 0.25) is 0 Å². The highest BCUT2D eigenvalue weighted by molar-refractivity contribution is 9.08. The van der Waals surface area contributed by atoms with Crippen LogP contribution in [0.4, 0.5) is 30.7 Å². The summed E-state index contributed by atoms with van der Waals surface area (Å²) in [5, 5.41) is -0.549. The fraction of sp³-hybridized carbons (Fsp3) is 0.375. The average molecular weight is 342 g/mol. The molecule has 0 aliphatic rings. The molecule has 0 fully saturated rings. The monoisotopic (exact) mass is 341 g/mol. The average Bonchev–Trinajstić information content (AvgIpc) is 2.12. The van der Waals surface area contributed by atoms with E-state index in [1.165, 1.54) is 0 Å². The lowest BCUT2D eigenvalue weighted by Gasteiger charge is -2.14. The third-order valence-electron chi connectivity index (χ3n) is 1.71. The predicted octanol–water partition coefficient (Wildman–Crippen LogP) is 4.03. The van der Waals surface area contributed by atoms with Gasteiger partial charge in [0.15, 0.2) is 0 Å². The Morgan fingerprint density at radius 3 is 2.11 bits per heavy atom. The Bertz CT molecular complexity index is 442. The zero-order valence-corrected chi connectivity index (χ0v) is 9.75. The van der Waals surface area contributed by atoms with E-state index in [-0.39, 0.29) is 6.07 Å². The fourth-order valence-electron chi connectivity index (χ4n) is 1.07. The molecule has 0 aliphatic carbocycles. The van der Waals surface area contributed by atoms with Gasteiger partial charge in [0.1, 0.15) is 0 Å². The topological polar surface area (TPSA) is 22.1 Å². The number of aromatic nitrogens is 1. The summed E-state index contributed by atoms with van der Waals surface area (Å²) in [6, 6.07) is -0.00678. The van der Waals surface area contributed by atoms with Crippen LogP contribution in [0, 0.1) is 5.95 Å². The van der Waals surface area contributed by atoms with Gasteiger partial charge >= 0.3 is 12.5 Å². The van der Waals surface area contributed by atoms with Crippen LogP contribution in [-0.2, 0) is 11.5 Å². The van der Waals surface area contributed by atoms with Crippen molar-refractivity contribution in [3.63, 3.8) is 0 Å². The van der Waals surface area contributed by atoms with Gasteiger partial charge in [-0.05, 0) is 0 Å². The largest absolute Gasteiger partial charge is 0.574 e. The van der Waals surface area contributed by atoms with Crippen LogP contribution in [-0.4, -0.2) is 11.3 Å². The molecular formula is C8H3BrF7NO. The molecule has 0 saturated carbocycles. The van der Waals surface area contributed by atoms with Gasteiger partial charge in [-0.25, -0.2) is 0 Å². The van der Waals surface area contributed by atoms with Crippen molar-refractivity contribution in [2.24, 2.45) is 0 Å². The van der Waals surface area contributed by atoms with Crippen molar-refractivity contribution < 1.29 is 35.5 Å². The zero-order chi connectivity index (χ0) is 14.1. The number of alkyl halides is 7. The van der Waals surface area contributed by atoms with E-state index >= 15 is 0 Å². The second kappa shape index (κ2) is 4.90. The Labute approximate surface area is 104 Å². The van der Waals surface area contributed by atoms with Crippen LogP contribution in [0.15, 0.2) is 6.07 Å². The number of halogens is 8. The van der Waals surface area contributed by atoms with Gasteiger partial charge in [-0.15, -0.1) is 13.2 Å². The highest BCUT2D eigenvalue weighted by Gasteiger charge is 2.38. The Balaban J connectivity index is 3.31. The quantitative estimate of drug-likeness (QED) is 0.460. The van der Waals surface area contributed by atoms with Crippen molar-refractivity contribution in [3.8, 4) is 5.88 Å². The Morgan fingerprint density at radius 1 is 1.17 bits per heavy atom. The first-order chi connectivity index (χ1) is 8.04. The van der Waals surface area contributed by atoms with Crippen molar-refractivity contribution in [1.29, 1.82) is 0 Å². The first-order valence-electron chi connectivity index (χ1n) is 4.13. The summed E-state index contributed by atoms with van der Waals surface area (Å²) in [5.41, 5.74) is -2.47. The van der Waals surface area contributed by atoms with E-state index < -0.39 is 40.8 Å². The maximum absolute atomic E-state index is 13.1. The molecule has 1 heterocycles. The van der Waals surface area contributed by atoms with Crippen molar-refractivity contribution in [2.75, 3.05) is 0 Å². The molecule has 0 unspecified atom stereocenters. The van der Waals surface area contributed by atoms with Crippen LogP contribution >= 0.6 is 15.9 Å². The number of pyridine rings is 1. The molecule has 102 valence electrons. The molecule has 0 atom stereocenters. The van der Waals surface area contributed by atoms with Gasteiger partial charge in [0, 0.05) is 17.0 Å². The van der Waals surface area contributed by atoms with Gasteiger partial charge < -0.3 is 4.74 Å². The van der Waals surface area contributed by atoms with Gasteiger partial charge in [0.25, 0.3) is 0 Å². The summed E-state index contributed by atoms with van der Waals surface area (Å²) in [6.45, 7) is 0. The maximum atomic E-state index is 13.1. The highest BCUT2D eigenvalue weighted by Crippen LogP contribution is 2.36. The normalized spacial score (nSPS) is 12.7. The standard InChI is InChI=1S/C8H3BrF7NO/c9-2-3-4(7(11,12)13)1-5(17-6(3)10)18-8(14,15)16/h1H,2H2. The summed E-state index contributed by atoms with van der Waals surface area (Å²) < 4.78 is 89.1. The number of hydrogen-bond donors (Lipinski definition) is 0. The molecule has 2 nitrogen and oxygen atoms in total. The molecule has 1 rings (SSSR count). The minimum absolute atomic E-state index is 0.00678. The van der Waals surface area contributed by atoms with Crippen molar-refractivity contribution in [2.45, 2.75) is 17.9 Å². The van der Waals surface area contributed by atoms with E-state index in [2.05, 4.69) is 25.7 Å². The molecule has 10 heteroatoms. The highest BCUT2D eigenvalue weighted by atomic mass is 79.9. The van der Waals surface area contributed by atoms with Crippen LogP contribution in [0.5, 0.6) is 5.88 Å². The molecular weight excluding hydrogens is 339 g/mol. The van der Waals surface area contributed by atoms with Gasteiger partial charge in [0.2, 0.25) is 11.8 Å². The van der Waals surface area contributed by atoms with E-state index in [9.17, 15) is 30.7 Å². The van der Waals surface area contributed by atoms with Crippen LogP contribution in [0.1, 0.15) is 11.1 Å². The van der Waals surface area contributed by atoms with Gasteiger partial charge in [-0.1, -0.05) is 15.9 Å². The van der Waals surface area contributed by atoms with Crippen molar-refractivity contribution in [1.82, 2.24) is 4.98 Å². The smallest absolute Gasteiger partial charge is 0.388 e. The minimum atomic E-state index is -5.25. The summed E-state index contributed by atoms with van der Waals surface area (Å²) in [5.74, 6) is -3.18. The van der Waals surface area contributed by atoms with Crippen LogP contribution < -0.4 is 4.74 Å². The van der Waals surface area contributed by atoms with E-state index in [0.29, 0.717) is 0 Å². The van der Waals surface area contributed by atoms with Gasteiger partial charge in [0.05, 0.1) is 5.56 Å². The molecule has 0 aromatic carbocycles. The molecule has 0 aliphatic heterocycles. The summed E-state index contributed by atoms with van der Waals surface area (Å²) in [7, 11) is 0. The predicted molar refractivity (Wildman–Crippen MR) is 48.5 cm³/mol. The third-order valence-corrected chi connectivity index (χ3v) is 2.27. The molecule has 0 radical (unpaired) electrons. The van der Waals surface area contributed by atoms with Crippen LogP contribution in [0.25, 0.3) is 0 Å². The second-order valence-corrected chi connectivity index (χ2v) is 3.52. The first kappa shape index (κ1) is 15.0. The van der Waals surface area contributed by atoms with E-state index in [4.69, 9.17) is 0 Å². The molecule has 0 spiro atoms. The van der Waals surface area contributed by atoms with E-state index in [1.54, 1.807) is 0 Å². The van der Waals surface area contributed by atoms with Crippen molar-refractivity contribution >= 4 is 15.9 Å². The molecule has 1 aromatic heterocycles. The third kappa shape index (κ3) is 3.72. The van der Waals surface area contributed by atoms with E-state index in [1.807, 2.05) is 0 Å². The lowest BCUT2D eigenvalue weighted by molar-refractivity contribution is -0.276. The molecule has 0 saturated heterocycles. The molecule has 1 aromatic rings. The lowest BCUT2D eigenvalue weighted by Crippen LogP contribution is -2.20. The Kier molecular flexibility index (Phi) is 4.08. The number of hydrogen-bond acceptors (Lipinski definition) is 2. The number of rotatable bonds is 2. The Hall–Kier alpha value is -1.06. The fourth-order valence-corrected chi connectivity index (χ4v) is 1.60. The number of nitrogens with zero attached hydrogens (tertiary/aromatic N) is 1.